The van der Waals surface area contributed by atoms with Gasteiger partial charge < -0.3 is 5.32 Å². The highest BCUT2D eigenvalue weighted by atomic mass is 28.3. The van der Waals surface area contributed by atoms with Gasteiger partial charge in [0.2, 0.25) is 0 Å². The fraction of sp³-hybridized carbons (Fsp3) is 0.500. The molecule has 3 atom stereocenters. The molecular weight excluding hydrogens is 426 g/mol. The highest BCUT2D eigenvalue weighted by molar-refractivity contribution is 6.87. The lowest BCUT2D eigenvalue weighted by Crippen LogP contribution is -2.67. The van der Waals surface area contributed by atoms with Crippen molar-refractivity contribution in [3.63, 3.8) is 0 Å². The zero-order chi connectivity index (χ0) is 24.2. The normalized spacial score (nSPS) is 28.9. The Kier molecular flexibility index (Phi) is 7.69. The summed E-state index contributed by atoms with van der Waals surface area (Å²) in [6.45, 7) is 12.8. The summed E-state index contributed by atoms with van der Waals surface area (Å²) in [6, 6.07) is 23.5. The number of unbranched alkanes of at least 4 members (excludes halogenated alkanes) is 1. The highest BCUT2D eigenvalue weighted by Crippen LogP contribution is 2.63. The summed E-state index contributed by atoms with van der Waals surface area (Å²) in [5, 5.41) is 7.57. The van der Waals surface area contributed by atoms with Gasteiger partial charge in [0.25, 0.3) is 0 Å². The maximum absolute atomic E-state index is 4.16. The van der Waals surface area contributed by atoms with Gasteiger partial charge in [-0.3, -0.25) is 0 Å². The van der Waals surface area contributed by atoms with Gasteiger partial charge >= 0.3 is 0 Å². The second kappa shape index (κ2) is 10.4. The van der Waals surface area contributed by atoms with E-state index in [1.54, 1.807) is 10.4 Å². The Hall–Kier alpha value is -1.90. The molecule has 4 rings (SSSR count). The van der Waals surface area contributed by atoms with Crippen molar-refractivity contribution >= 4 is 19.2 Å². The van der Waals surface area contributed by atoms with Crippen molar-refractivity contribution in [3.8, 4) is 0 Å². The molecule has 2 aliphatic carbocycles. The predicted molar refractivity (Wildman–Crippen MR) is 152 cm³/mol. The molecule has 1 nitrogen and oxygen atoms in total. The average Bonchev–Trinajstić information content (AvgIpc) is 3.33. The van der Waals surface area contributed by atoms with E-state index in [0.29, 0.717) is 6.04 Å². The lowest BCUT2D eigenvalue weighted by molar-refractivity contribution is 0.0583. The summed E-state index contributed by atoms with van der Waals surface area (Å²) < 4.78 is 0. The second-order valence-corrected chi connectivity index (χ2v) is 15.1. The van der Waals surface area contributed by atoms with Crippen LogP contribution in [-0.4, -0.2) is 20.4 Å². The van der Waals surface area contributed by atoms with Crippen LogP contribution in [-0.2, 0) is 0 Å². The van der Waals surface area contributed by atoms with Crippen LogP contribution in [0, 0.1) is 11.3 Å². The summed E-state index contributed by atoms with van der Waals surface area (Å²) in [4.78, 5) is 0. The first-order chi connectivity index (χ1) is 16.3. The molecule has 34 heavy (non-hydrogen) atoms. The second-order valence-electron chi connectivity index (χ2n) is 11.7. The molecule has 0 bridgehead atoms. The Morgan fingerprint density at radius 3 is 1.94 bits per heavy atom. The topological polar surface area (TPSA) is 12.0 Å². The van der Waals surface area contributed by atoms with Gasteiger partial charge in [0.15, 0.2) is 0 Å². The van der Waals surface area contributed by atoms with E-state index in [9.17, 15) is 0 Å². The number of allylic oxidation sites excluding steroid dienone is 2. The molecule has 182 valence electrons. The van der Waals surface area contributed by atoms with Crippen LogP contribution in [0.5, 0.6) is 0 Å². The molecule has 0 saturated heterocycles. The average molecular weight is 472 g/mol. The zero-order valence-electron chi connectivity index (χ0n) is 22.1. The summed E-state index contributed by atoms with van der Waals surface area (Å²) in [5.41, 5.74) is 0.170. The molecule has 1 saturated carbocycles. The third-order valence-electron chi connectivity index (χ3n) is 9.81. The molecular formula is C32H45NSi. The van der Waals surface area contributed by atoms with E-state index in [2.05, 4.69) is 125 Å². The molecule has 0 heterocycles. The van der Waals surface area contributed by atoms with E-state index >= 15 is 0 Å². The molecule has 2 aromatic rings. The maximum atomic E-state index is 4.16. The third kappa shape index (κ3) is 4.52. The number of hydrogen-bond acceptors (Lipinski definition) is 1. The zero-order valence-corrected chi connectivity index (χ0v) is 23.2. The van der Waals surface area contributed by atoms with E-state index in [1.807, 2.05) is 0 Å². The Morgan fingerprint density at radius 1 is 0.853 bits per heavy atom. The molecule has 1 N–H and O–H groups in total. The largest absolute Gasteiger partial charge is 0.301 e. The lowest BCUT2D eigenvalue weighted by Gasteiger charge is -2.60. The monoisotopic (exact) mass is 471 g/mol. The minimum Gasteiger partial charge on any atom is -0.301 e. The predicted octanol–water partition coefficient (Wildman–Crippen LogP) is 6.65. The summed E-state index contributed by atoms with van der Waals surface area (Å²) in [5.74, 6) is 0.734. The van der Waals surface area contributed by atoms with Crippen LogP contribution in [0.15, 0.2) is 85.0 Å². The first-order valence-electron chi connectivity index (χ1n) is 13.6. The van der Waals surface area contributed by atoms with Crippen LogP contribution in [0.3, 0.4) is 0 Å². The van der Waals surface area contributed by atoms with Gasteiger partial charge in [-0.1, -0.05) is 155 Å². The number of nitrogens with one attached hydrogen (secondary N) is 1. The van der Waals surface area contributed by atoms with Crippen molar-refractivity contribution in [1.82, 2.24) is 5.32 Å². The van der Waals surface area contributed by atoms with Crippen LogP contribution in [0.1, 0.15) is 73.1 Å². The van der Waals surface area contributed by atoms with E-state index < -0.39 is 8.80 Å². The molecule has 0 spiro atoms. The molecule has 3 unspecified atom stereocenters. The van der Waals surface area contributed by atoms with Crippen LogP contribution >= 0.6 is 0 Å². The van der Waals surface area contributed by atoms with Crippen molar-refractivity contribution in [1.29, 1.82) is 0 Å². The molecule has 0 aliphatic heterocycles. The minimum atomic E-state index is -1.61. The third-order valence-corrected chi connectivity index (χ3v) is 14.3. The summed E-state index contributed by atoms with van der Waals surface area (Å²) >= 11 is 0. The molecule has 2 heteroatoms. The number of benzene rings is 2. The van der Waals surface area contributed by atoms with Gasteiger partial charge in [0.05, 0.1) is 0 Å². The quantitative estimate of drug-likeness (QED) is 0.336. The van der Waals surface area contributed by atoms with E-state index in [-0.39, 0.29) is 16.0 Å². The SMILES string of the molecule is CCCCC1CCCC(C)(NC2C=CC=C2)C(C)(C)C1(C)[SiH](c1ccccc1)c1ccccc1. The van der Waals surface area contributed by atoms with Gasteiger partial charge in [-0.2, -0.15) is 0 Å². The van der Waals surface area contributed by atoms with Crippen molar-refractivity contribution in [2.75, 3.05) is 0 Å². The first-order valence-corrected chi connectivity index (χ1v) is 15.3. The van der Waals surface area contributed by atoms with Crippen LogP contribution in [0.2, 0.25) is 5.04 Å². The Bertz CT molecular complexity index is 927. The van der Waals surface area contributed by atoms with Crippen molar-refractivity contribution in [2.24, 2.45) is 11.3 Å². The van der Waals surface area contributed by atoms with Crippen LogP contribution in [0.25, 0.3) is 0 Å². The van der Waals surface area contributed by atoms with Gasteiger partial charge in [-0.25, -0.2) is 0 Å². The summed E-state index contributed by atoms with van der Waals surface area (Å²) in [6.07, 6.45) is 16.9. The molecule has 2 aliphatic rings. The van der Waals surface area contributed by atoms with Crippen molar-refractivity contribution in [2.45, 2.75) is 89.8 Å². The van der Waals surface area contributed by atoms with Crippen molar-refractivity contribution < 1.29 is 0 Å². The van der Waals surface area contributed by atoms with E-state index in [4.69, 9.17) is 0 Å². The van der Waals surface area contributed by atoms with Crippen molar-refractivity contribution in [3.05, 3.63) is 85.0 Å². The molecule has 2 aromatic carbocycles. The fourth-order valence-corrected chi connectivity index (χ4v) is 12.1. The van der Waals surface area contributed by atoms with Gasteiger partial charge in [0, 0.05) is 11.6 Å². The lowest BCUT2D eigenvalue weighted by atomic mass is 9.61. The van der Waals surface area contributed by atoms with Gasteiger partial charge in [-0.15, -0.1) is 0 Å². The molecule has 0 aromatic heterocycles. The first kappa shape index (κ1) is 25.2. The standard InChI is InChI=1S/C32H45NSi/c1-6-7-17-26-18-16-25-31(4,33-27-19-14-15-20-27)30(2,3)32(26,5)34(28-21-10-8-11-22-28)29-23-12-9-13-24-29/h8-15,19-24,26-27,33-34H,6-7,16-18,25H2,1-5H3. The van der Waals surface area contributed by atoms with Crippen LogP contribution in [0.4, 0.5) is 0 Å². The molecule has 0 radical (unpaired) electrons. The number of hydrogen-bond donors (Lipinski definition) is 1. The fourth-order valence-electron chi connectivity index (χ4n) is 7.23. The minimum absolute atomic E-state index is 0.0568. The maximum Gasteiger partial charge on any atom is 0.109 e. The van der Waals surface area contributed by atoms with Crippen LogP contribution < -0.4 is 15.7 Å². The van der Waals surface area contributed by atoms with Gasteiger partial charge in [0.1, 0.15) is 8.80 Å². The smallest absolute Gasteiger partial charge is 0.109 e. The molecule has 0 amide bonds. The molecule has 1 fully saturated rings. The number of rotatable bonds is 8. The van der Waals surface area contributed by atoms with E-state index in [0.717, 1.165) is 5.92 Å². The highest BCUT2D eigenvalue weighted by Gasteiger charge is 2.60. The Balaban J connectivity index is 1.90. The summed E-state index contributed by atoms with van der Waals surface area (Å²) in [7, 11) is -1.61. The Labute approximate surface area is 210 Å². The van der Waals surface area contributed by atoms with Gasteiger partial charge in [-0.05, 0) is 29.7 Å². The Morgan fingerprint density at radius 2 is 1.41 bits per heavy atom. The van der Waals surface area contributed by atoms with E-state index in [1.165, 1.54) is 38.5 Å².